The number of nitrogens with zero attached hydrogens (tertiary/aromatic N) is 1. The molecule has 0 aliphatic rings. The number of aromatic nitrogens is 2. The number of H-pyrrole nitrogens is 1. The fraction of sp³-hybridized carbons (Fsp3) is 0.240. The van der Waals surface area contributed by atoms with Crippen LogP contribution < -0.4 is 10.9 Å². The number of hydrogen-bond acceptors (Lipinski definition) is 3. The molecule has 0 spiro atoms. The number of benzene rings is 2. The molecule has 0 atom stereocenters. The largest absolute Gasteiger partial charge is 0.392 e. The molecule has 2 aromatic carbocycles. The Morgan fingerprint density at radius 2 is 1.83 bits per heavy atom. The molecule has 0 bridgehead atoms. The Bertz CT molecular complexity index is 1230. The van der Waals surface area contributed by atoms with Crippen LogP contribution in [0.25, 0.3) is 22.0 Å². The van der Waals surface area contributed by atoms with Gasteiger partial charge in [0.2, 0.25) is 0 Å². The summed E-state index contributed by atoms with van der Waals surface area (Å²) in [5, 5.41) is 14.5. The van der Waals surface area contributed by atoms with Gasteiger partial charge >= 0.3 is 0 Å². The summed E-state index contributed by atoms with van der Waals surface area (Å²) in [4.78, 5) is 15.4. The van der Waals surface area contributed by atoms with Gasteiger partial charge in [-0.1, -0.05) is 50.2 Å². The van der Waals surface area contributed by atoms with Crippen LogP contribution in [0.3, 0.4) is 0 Å². The summed E-state index contributed by atoms with van der Waals surface area (Å²) in [6.07, 6.45) is 3.61. The zero-order valence-electron chi connectivity index (χ0n) is 17.6. The molecule has 3 N–H and O–H groups in total. The van der Waals surface area contributed by atoms with Crippen molar-refractivity contribution in [3.05, 3.63) is 88.0 Å². The molecule has 0 aliphatic carbocycles. The first-order valence-corrected chi connectivity index (χ1v) is 10.2. The smallest absolute Gasteiger partial charge is 0.274 e. The number of anilines is 1. The van der Waals surface area contributed by atoms with Crippen LogP contribution in [-0.2, 0) is 20.2 Å². The van der Waals surface area contributed by atoms with Crippen LogP contribution in [0.1, 0.15) is 36.5 Å². The number of aliphatic hydroxyl groups excluding tert-OH is 1. The fourth-order valence-electron chi connectivity index (χ4n) is 3.88. The molecule has 0 unspecified atom stereocenters. The second kappa shape index (κ2) is 8.20. The molecule has 0 saturated carbocycles. The number of fused-ring (bicyclic) bond motifs is 1. The highest BCUT2D eigenvalue weighted by Gasteiger charge is 2.15. The zero-order valence-corrected chi connectivity index (χ0v) is 17.6. The summed E-state index contributed by atoms with van der Waals surface area (Å²) in [5.74, 6) is 0.511. The average molecular weight is 402 g/mol. The van der Waals surface area contributed by atoms with Crippen LogP contribution >= 0.6 is 0 Å². The Morgan fingerprint density at radius 3 is 2.53 bits per heavy atom. The monoisotopic (exact) mass is 401 g/mol. The van der Waals surface area contributed by atoms with Gasteiger partial charge in [-0.25, -0.2) is 0 Å². The molecule has 5 heteroatoms. The Labute approximate surface area is 176 Å². The third-order valence-electron chi connectivity index (χ3n) is 5.65. The number of pyridine rings is 1. The van der Waals surface area contributed by atoms with Gasteiger partial charge < -0.3 is 20.0 Å². The molecular formula is C25H27N3O2. The van der Waals surface area contributed by atoms with E-state index in [-0.39, 0.29) is 12.2 Å². The fourth-order valence-corrected chi connectivity index (χ4v) is 3.88. The van der Waals surface area contributed by atoms with Crippen LogP contribution in [-0.4, -0.2) is 14.7 Å². The number of aryl methyl sites for hydroxylation is 1. The van der Waals surface area contributed by atoms with Gasteiger partial charge in [-0.05, 0) is 34.7 Å². The van der Waals surface area contributed by atoms with Gasteiger partial charge in [-0.15, -0.1) is 0 Å². The van der Waals surface area contributed by atoms with Gasteiger partial charge in [0.1, 0.15) is 5.52 Å². The SMILES string of the molecule is CC(C)c1ccc(CNc2cccc(-c3cn(C)c(=O)c4[nH]ccc34)c2CO)cc1. The lowest BCUT2D eigenvalue weighted by Crippen LogP contribution is -2.16. The van der Waals surface area contributed by atoms with Crippen LogP contribution in [0.2, 0.25) is 0 Å². The molecule has 0 saturated heterocycles. The van der Waals surface area contributed by atoms with Crippen LogP contribution in [0.15, 0.2) is 65.7 Å². The number of nitrogens with one attached hydrogen (secondary N) is 2. The molecule has 4 aromatic rings. The van der Waals surface area contributed by atoms with E-state index in [9.17, 15) is 9.90 Å². The third kappa shape index (κ3) is 3.64. The van der Waals surface area contributed by atoms with Crippen molar-refractivity contribution in [2.45, 2.75) is 32.9 Å². The lowest BCUT2D eigenvalue weighted by Gasteiger charge is -2.16. The highest BCUT2D eigenvalue weighted by Crippen LogP contribution is 2.33. The predicted molar refractivity (Wildman–Crippen MR) is 123 cm³/mol. The number of aromatic amines is 1. The third-order valence-corrected chi connectivity index (χ3v) is 5.65. The molecule has 0 amide bonds. The maximum absolute atomic E-state index is 12.4. The molecular weight excluding hydrogens is 374 g/mol. The van der Waals surface area contributed by atoms with Crippen molar-refractivity contribution in [2.24, 2.45) is 7.05 Å². The van der Waals surface area contributed by atoms with Gasteiger partial charge in [-0.3, -0.25) is 4.79 Å². The molecule has 30 heavy (non-hydrogen) atoms. The maximum Gasteiger partial charge on any atom is 0.274 e. The topological polar surface area (TPSA) is 70.0 Å². The molecule has 0 radical (unpaired) electrons. The summed E-state index contributed by atoms with van der Waals surface area (Å²) >= 11 is 0. The van der Waals surface area contributed by atoms with E-state index in [1.807, 2.05) is 30.5 Å². The first-order valence-electron chi connectivity index (χ1n) is 10.2. The van der Waals surface area contributed by atoms with Crippen LogP contribution in [0.4, 0.5) is 5.69 Å². The number of aliphatic hydroxyl groups is 1. The predicted octanol–water partition coefficient (Wildman–Crippen LogP) is 4.76. The van der Waals surface area contributed by atoms with Crippen molar-refractivity contribution in [1.82, 2.24) is 9.55 Å². The van der Waals surface area contributed by atoms with Gasteiger partial charge in [0.05, 0.1) is 6.61 Å². The normalized spacial score (nSPS) is 11.4. The highest BCUT2D eigenvalue weighted by molar-refractivity contribution is 5.95. The van der Waals surface area contributed by atoms with Gasteiger partial charge in [-0.2, -0.15) is 0 Å². The lowest BCUT2D eigenvalue weighted by molar-refractivity contribution is 0.283. The van der Waals surface area contributed by atoms with Gasteiger partial charge in [0.15, 0.2) is 0 Å². The molecule has 0 aliphatic heterocycles. The standard InChI is InChI=1S/C25H27N3O2/c1-16(2)18-9-7-17(8-10-18)13-27-23-6-4-5-19(22(23)15-29)21-14-28(3)25(30)24-20(21)11-12-26-24/h4-12,14,16,26-27,29H,13,15H2,1-3H3. The Kier molecular flexibility index (Phi) is 5.46. The van der Waals surface area contributed by atoms with E-state index in [2.05, 4.69) is 48.4 Å². The van der Waals surface area contributed by atoms with E-state index in [0.29, 0.717) is 18.0 Å². The quantitative estimate of drug-likeness (QED) is 0.436. The first kappa shape index (κ1) is 20.0. The second-order valence-electron chi connectivity index (χ2n) is 7.96. The molecule has 154 valence electrons. The molecule has 4 rings (SSSR count). The van der Waals surface area contributed by atoms with Crippen LogP contribution in [0.5, 0.6) is 0 Å². The zero-order chi connectivity index (χ0) is 21.3. The van der Waals surface area contributed by atoms with Crippen molar-refractivity contribution < 1.29 is 5.11 Å². The minimum Gasteiger partial charge on any atom is -0.392 e. The summed E-state index contributed by atoms with van der Waals surface area (Å²) in [6.45, 7) is 4.95. The Hall–Kier alpha value is -3.31. The highest BCUT2D eigenvalue weighted by atomic mass is 16.3. The summed E-state index contributed by atoms with van der Waals surface area (Å²) in [7, 11) is 1.74. The summed E-state index contributed by atoms with van der Waals surface area (Å²) < 4.78 is 1.58. The van der Waals surface area contributed by atoms with Crippen molar-refractivity contribution >= 4 is 16.6 Å². The van der Waals surface area contributed by atoms with Crippen molar-refractivity contribution in [1.29, 1.82) is 0 Å². The molecule has 2 aromatic heterocycles. The van der Waals surface area contributed by atoms with Gasteiger partial charge in [0.25, 0.3) is 5.56 Å². The second-order valence-corrected chi connectivity index (χ2v) is 7.96. The summed E-state index contributed by atoms with van der Waals surface area (Å²) in [6, 6.07) is 16.5. The number of rotatable bonds is 6. The van der Waals surface area contributed by atoms with E-state index >= 15 is 0 Å². The number of hydrogen-bond donors (Lipinski definition) is 3. The Morgan fingerprint density at radius 1 is 1.07 bits per heavy atom. The summed E-state index contributed by atoms with van der Waals surface area (Å²) in [5.41, 5.74) is 6.55. The minimum absolute atomic E-state index is 0.0663. The van der Waals surface area contributed by atoms with E-state index in [1.54, 1.807) is 17.8 Å². The average Bonchev–Trinajstić information content (AvgIpc) is 3.25. The van der Waals surface area contributed by atoms with Crippen molar-refractivity contribution in [3.8, 4) is 11.1 Å². The van der Waals surface area contributed by atoms with Crippen molar-refractivity contribution in [3.63, 3.8) is 0 Å². The van der Waals surface area contributed by atoms with E-state index in [0.717, 1.165) is 27.8 Å². The lowest BCUT2D eigenvalue weighted by atomic mass is 9.97. The van der Waals surface area contributed by atoms with Crippen LogP contribution in [0, 0.1) is 0 Å². The first-order chi connectivity index (χ1) is 14.5. The van der Waals surface area contributed by atoms with E-state index in [1.165, 1.54) is 11.1 Å². The van der Waals surface area contributed by atoms with Gasteiger partial charge in [0, 0.05) is 48.2 Å². The Balaban J connectivity index is 1.69. The molecule has 5 nitrogen and oxygen atoms in total. The van der Waals surface area contributed by atoms with E-state index < -0.39 is 0 Å². The van der Waals surface area contributed by atoms with E-state index in [4.69, 9.17) is 0 Å². The maximum atomic E-state index is 12.4. The van der Waals surface area contributed by atoms with Crippen molar-refractivity contribution in [2.75, 3.05) is 5.32 Å². The minimum atomic E-state index is -0.0977. The molecule has 2 heterocycles. The molecule has 0 fully saturated rings.